The van der Waals surface area contributed by atoms with Gasteiger partial charge in [-0.15, -0.1) is 0 Å². The maximum atomic E-state index is 9.73. The maximum absolute atomic E-state index is 9.73. The molecule has 0 amide bonds. The Morgan fingerprint density at radius 1 is 1.25 bits per heavy atom. The van der Waals surface area contributed by atoms with E-state index < -0.39 is 0 Å². The third kappa shape index (κ3) is 1.85. The summed E-state index contributed by atoms with van der Waals surface area (Å²) < 4.78 is 0. The van der Waals surface area contributed by atoms with Gasteiger partial charge in [0.25, 0.3) is 0 Å². The molecule has 3 nitrogen and oxygen atoms in total. The maximum Gasteiger partial charge on any atom is 0.0570 e. The van der Waals surface area contributed by atoms with Gasteiger partial charge < -0.3 is 5.11 Å². The molecule has 86 valence electrons. The van der Waals surface area contributed by atoms with Gasteiger partial charge in [-0.05, 0) is 37.8 Å². The Morgan fingerprint density at radius 2 is 2.00 bits per heavy atom. The molecule has 1 aromatic heterocycles. The van der Waals surface area contributed by atoms with Crippen molar-refractivity contribution < 1.29 is 5.11 Å². The first-order chi connectivity index (χ1) is 7.83. The predicted octanol–water partition coefficient (Wildman–Crippen LogP) is 1.57. The molecule has 2 saturated heterocycles. The second-order valence-corrected chi connectivity index (χ2v) is 5.00. The van der Waals surface area contributed by atoms with Gasteiger partial charge in [-0.2, -0.15) is 0 Å². The number of aliphatic hydroxyl groups is 1. The molecule has 3 rings (SSSR count). The van der Waals surface area contributed by atoms with E-state index in [1.165, 1.54) is 12.8 Å². The number of aromatic nitrogens is 1. The van der Waals surface area contributed by atoms with Gasteiger partial charge in [0, 0.05) is 24.8 Å². The van der Waals surface area contributed by atoms with E-state index in [-0.39, 0.29) is 6.10 Å². The normalized spacial score (nSPS) is 34.2. The van der Waals surface area contributed by atoms with E-state index in [0.29, 0.717) is 12.1 Å². The molecule has 2 bridgehead atoms. The van der Waals surface area contributed by atoms with E-state index in [4.69, 9.17) is 0 Å². The lowest BCUT2D eigenvalue weighted by molar-refractivity contribution is 0.0304. The zero-order chi connectivity index (χ0) is 11.0. The Balaban J connectivity index is 1.72. The second kappa shape index (κ2) is 4.15. The fraction of sp³-hybridized carbons (Fsp3) is 0.615. The van der Waals surface area contributed by atoms with Gasteiger partial charge in [0.05, 0.1) is 11.8 Å². The van der Waals surface area contributed by atoms with Crippen LogP contribution in [0, 0.1) is 0 Å². The number of fused-ring (bicyclic) bond motifs is 2. The van der Waals surface area contributed by atoms with E-state index in [1.807, 2.05) is 18.3 Å². The lowest BCUT2D eigenvalue weighted by Gasteiger charge is -2.36. The smallest absolute Gasteiger partial charge is 0.0570 e. The summed E-state index contributed by atoms with van der Waals surface area (Å²) in [5, 5.41) is 9.73. The molecule has 2 fully saturated rings. The highest BCUT2D eigenvalue weighted by Crippen LogP contribution is 2.36. The standard InChI is InChI=1S/C13H18N2O/c16-13-7-11-4-5-12(8-13)15(11)9-10-3-1-2-6-14-10/h1-3,6,11-13,16H,4-5,7-9H2. The van der Waals surface area contributed by atoms with Gasteiger partial charge in [0.15, 0.2) is 0 Å². The van der Waals surface area contributed by atoms with Crippen molar-refractivity contribution in [1.82, 2.24) is 9.88 Å². The number of hydrogen-bond acceptors (Lipinski definition) is 3. The quantitative estimate of drug-likeness (QED) is 0.818. The summed E-state index contributed by atoms with van der Waals surface area (Å²) in [6.07, 6.45) is 6.17. The van der Waals surface area contributed by atoms with Crippen molar-refractivity contribution in [3.8, 4) is 0 Å². The minimum absolute atomic E-state index is 0.0718. The van der Waals surface area contributed by atoms with Gasteiger partial charge in [-0.25, -0.2) is 0 Å². The van der Waals surface area contributed by atoms with Gasteiger partial charge in [-0.3, -0.25) is 9.88 Å². The summed E-state index contributed by atoms with van der Waals surface area (Å²) in [5.41, 5.74) is 1.15. The van der Waals surface area contributed by atoms with E-state index in [9.17, 15) is 5.11 Å². The van der Waals surface area contributed by atoms with Gasteiger partial charge >= 0.3 is 0 Å². The van der Waals surface area contributed by atoms with E-state index in [0.717, 1.165) is 25.1 Å². The Kier molecular flexibility index (Phi) is 2.65. The third-order valence-corrected chi connectivity index (χ3v) is 3.93. The average Bonchev–Trinajstić information content (AvgIpc) is 2.54. The molecule has 0 aliphatic carbocycles. The van der Waals surface area contributed by atoms with Gasteiger partial charge in [-0.1, -0.05) is 6.07 Å². The molecular weight excluding hydrogens is 200 g/mol. The first-order valence-electron chi connectivity index (χ1n) is 6.16. The Hall–Kier alpha value is -0.930. The zero-order valence-electron chi connectivity index (χ0n) is 9.42. The molecule has 0 radical (unpaired) electrons. The molecule has 3 heterocycles. The Morgan fingerprint density at radius 3 is 2.62 bits per heavy atom. The van der Waals surface area contributed by atoms with Crippen molar-refractivity contribution in [2.75, 3.05) is 0 Å². The predicted molar refractivity (Wildman–Crippen MR) is 61.8 cm³/mol. The SMILES string of the molecule is OC1CC2CCC(C1)N2Cc1ccccn1. The fourth-order valence-electron chi connectivity index (χ4n) is 3.18. The first-order valence-corrected chi connectivity index (χ1v) is 6.16. The number of pyridine rings is 1. The first kappa shape index (κ1) is 10.2. The summed E-state index contributed by atoms with van der Waals surface area (Å²) in [6, 6.07) is 7.25. The Labute approximate surface area is 96.1 Å². The molecule has 0 aromatic carbocycles. The highest BCUT2D eigenvalue weighted by molar-refractivity contribution is 5.06. The molecule has 2 aliphatic heterocycles. The van der Waals surface area contributed by atoms with Crippen molar-refractivity contribution in [1.29, 1.82) is 0 Å². The molecule has 1 N–H and O–H groups in total. The molecule has 0 spiro atoms. The van der Waals surface area contributed by atoms with E-state index >= 15 is 0 Å². The number of rotatable bonds is 2. The van der Waals surface area contributed by atoms with Crippen LogP contribution < -0.4 is 0 Å². The highest BCUT2D eigenvalue weighted by Gasteiger charge is 2.39. The van der Waals surface area contributed by atoms with Crippen LogP contribution in [0.4, 0.5) is 0 Å². The van der Waals surface area contributed by atoms with Crippen LogP contribution in [-0.4, -0.2) is 33.2 Å². The lowest BCUT2D eigenvalue weighted by atomic mass is 10.00. The lowest BCUT2D eigenvalue weighted by Crippen LogP contribution is -2.44. The minimum atomic E-state index is -0.0718. The summed E-state index contributed by atoms with van der Waals surface area (Å²) in [6.45, 7) is 0.947. The van der Waals surface area contributed by atoms with Crippen LogP contribution in [0.2, 0.25) is 0 Å². The largest absolute Gasteiger partial charge is 0.393 e. The molecular formula is C13H18N2O. The van der Waals surface area contributed by atoms with Crippen molar-refractivity contribution in [2.45, 2.75) is 50.4 Å². The number of piperidine rings is 1. The third-order valence-electron chi connectivity index (χ3n) is 3.93. The second-order valence-electron chi connectivity index (χ2n) is 5.00. The molecule has 2 atom stereocenters. The monoisotopic (exact) mass is 218 g/mol. The topological polar surface area (TPSA) is 36.4 Å². The molecule has 2 aliphatic rings. The summed E-state index contributed by atoms with van der Waals surface area (Å²) in [7, 11) is 0. The molecule has 2 unspecified atom stereocenters. The highest BCUT2D eigenvalue weighted by atomic mass is 16.3. The van der Waals surface area contributed by atoms with Crippen LogP contribution >= 0.6 is 0 Å². The van der Waals surface area contributed by atoms with Crippen molar-refractivity contribution in [3.63, 3.8) is 0 Å². The van der Waals surface area contributed by atoms with Crippen LogP contribution in [0.1, 0.15) is 31.4 Å². The van der Waals surface area contributed by atoms with E-state index in [1.54, 1.807) is 0 Å². The van der Waals surface area contributed by atoms with Crippen molar-refractivity contribution in [2.24, 2.45) is 0 Å². The minimum Gasteiger partial charge on any atom is -0.393 e. The summed E-state index contributed by atoms with van der Waals surface area (Å²) in [5.74, 6) is 0. The molecule has 0 saturated carbocycles. The summed E-state index contributed by atoms with van der Waals surface area (Å²) in [4.78, 5) is 6.92. The van der Waals surface area contributed by atoms with Gasteiger partial charge in [0.1, 0.15) is 0 Å². The van der Waals surface area contributed by atoms with Crippen LogP contribution in [0.15, 0.2) is 24.4 Å². The molecule has 16 heavy (non-hydrogen) atoms. The van der Waals surface area contributed by atoms with Crippen LogP contribution in [0.5, 0.6) is 0 Å². The van der Waals surface area contributed by atoms with Gasteiger partial charge in [0.2, 0.25) is 0 Å². The molecule has 3 heteroatoms. The number of nitrogens with zero attached hydrogens (tertiary/aromatic N) is 2. The van der Waals surface area contributed by atoms with Crippen LogP contribution in [-0.2, 0) is 6.54 Å². The molecule has 1 aromatic rings. The van der Waals surface area contributed by atoms with Crippen molar-refractivity contribution in [3.05, 3.63) is 30.1 Å². The average molecular weight is 218 g/mol. The van der Waals surface area contributed by atoms with Crippen LogP contribution in [0.3, 0.4) is 0 Å². The van der Waals surface area contributed by atoms with Crippen molar-refractivity contribution >= 4 is 0 Å². The summed E-state index contributed by atoms with van der Waals surface area (Å²) >= 11 is 0. The number of aliphatic hydroxyl groups excluding tert-OH is 1. The number of hydrogen-bond donors (Lipinski definition) is 1. The Bertz CT molecular complexity index is 340. The zero-order valence-corrected chi connectivity index (χ0v) is 9.42. The van der Waals surface area contributed by atoms with E-state index in [2.05, 4.69) is 16.0 Å². The van der Waals surface area contributed by atoms with Crippen LogP contribution in [0.25, 0.3) is 0 Å². The fourth-order valence-corrected chi connectivity index (χ4v) is 3.18.